The Kier molecular flexibility index (Phi) is 6.53. The summed E-state index contributed by atoms with van der Waals surface area (Å²) in [6, 6.07) is 15.1. The summed E-state index contributed by atoms with van der Waals surface area (Å²) < 4.78 is 5.14. The van der Waals surface area contributed by atoms with Crippen molar-refractivity contribution in [2.75, 3.05) is 43.5 Å². The van der Waals surface area contributed by atoms with E-state index in [1.54, 1.807) is 19.2 Å². The van der Waals surface area contributed by atoms with E-state index < -0.39 is 0 Å². The van der Waals surface area contributed by atoms with Crippen molar-refractivity contribution in [1.82, 2.24) is 4.90 Å². The van der Waals surface area contributed by atoms with Gasteiger partial charge in [-0.3, -0.25) is 9.59 Å². The van der Waals surface area contributed by atoms with E-state index in [-0.39, 0.29) is 11.8 Å². The molecule has 2 aromatic carbocycles. The number of methoxy groups -OCH3 is 1. The van der Waals surface area contributed by atoms with E-state index in [1.807, 2.05) is 48.2 Å². The van der Waals surface area contributed by atoms with E-state index >= 15 is 0 Å². The molecular weight excluding hydrogens is 354 g/mol. The predicted octanol–water partition coefficient (Wildman–Crippen LogP) is 3.40. The largest absolute Gasteiger partial charge is 0.497 e. The lowest BCUT2D eigenvalue weighted by Gasteiger charge is -2.36. The third-order valence-electron chi connectivity index (χ3n) is 4.90. The lowest BCUT2D eigenvalue weighted by Crippen LogP contribution is -2.48. The van der Waals surface area contributed by atoms with E-state index in [9.17, 15) is 9.59 Å². The molecule has 28 heavy (non-hydrogen) atoms. The molecule has 0 aromatic heterocycles. The maximum absolute atomic E-state index is 12.7. The third-order valence-corrected chi connectivity index (χ3v) is 4.90. The van der Waals surface area contributed by atoms with Crippen molar-refractivity contribution >= 4 is 23.2 Å². The molecule has 1 saturated heterocycles. The molecule has 148 valence electrons. The van der Waals surface area contributed by atoms with Gasteiger partial charge in [-0.1, -0.05) is 6.92 Å². The first-order chi connectivity index (χ1) is 13.6. The summed E-state index contributed by atoms with van der Waals surface area (Å²) in [4.78, 5) is 28.5. The molecule has 1 aliphatic rings. The first kappa shape index (κ1) is 19.7. The van der Waals surface area contributed by atoms with Crippen LogP contribution in [0.25, 0.3) is 0 Å². The second-order valence-corrected chi connectivity index (χ2v) is 6.85. The van der Waals surface area contributed by atoms with Crippen LogP contribution in [0.2, 0.25) is 0 Å². The van der Waals surface area contributed by atoms with Gasteiger partial charge in [0.15, 0.2) is 0 Å². The quantitative estimate of drug-likeness (QED) is 0.833. The molecule has 0 aliphatic carbocycles. The number of ether oxygens (including phenoxy) is 1. The molecule has 2 aromatic rings. The number of carbonyl (C=O) groups excluding carboxylic acids is 2. The van der Waals surface area contributed by atoms with Gasteiger partial charge >= 0.3 is 0 Å². The maximum Gasteiger partial charge on any atom is 0.253 e. The molecule has 1 aliphatic heterocycles. The minimum absolute atomic E-state index is 0.0425. The third kappa shape index (κ3) is 4.82. The van der Waals surface area contributed by atoms with Crippen LogP contribution in [0.3, 0.4) is 0 Å². The molecule has 0 bridgehead atoms. The fraction of sp³-hybridized carbons (Fsp3) is 0.364. The van der Waals surface area contributed by atoms with Crippen LogP contribution in [0.15, 0.2) is 48.5 Å². The van der Waals surface area contributed by atoms with Crippen LogP contribution in [0.5, 0.6) is 5.75 Å². The highest BCUT2D eigenvalue weighted by molar-refractivity contribution is 5.94. The van der Waals surface area contributed by atoms with Gasteiger partial charge in [0.05, 0.1) is 7.11 Å². The molecule has 6 nitrogen and oxygen atoms in total. The maximum atomic E-state index is 12.7. The number of nitrogens with one attached hydrogen (secondary N) is 1. The van der Waals surface area contributed by atoms with Gasteiger partial charge in [-0.05, 0) is 55.0 Å². The summed E-state index contributed by atoms with van der Waals surface area (Å²) in [7, 11) is 1.61. The van der Waals surface area contributed by atoms with Crippen molar-refractivity contribution in [3.05, 3.63) is 54.1 Å². The standard InChI is InChI=1S/C22H27N3O3/c1-3-4-21(26)23-18-7-9-19(10-8-18)24-13-15-25(16-14-24)22(27)17-5-11-20(28-2)12-6-17/h5-12H,3-4,13-16H2,1-2H3,(H,23,26). The Morgan fingerprint density at radius 1 is 0.964 bits per heavy atom. The van der Waals surface area contributed by atoms with Crippen molar-refractivity contribution < 1.29 is 14.3 Å². The number of hydrogen-bond donors (Lipinski definition) is 1. The number of anilines is 2. The summed E-state index contributed by atoms with van der Waals surface area (Å²) in [6.07, 6.45) is 1.37. The summed E-state index contributed by atoms with van der Waals surface area (Å²) in [5.74, 6) is 0.841. The van der Waals surface area contributed by atoms with Gasteiger partial charge in [0, 0.05) is 49.5 Å². The second-order valence-electron chi connectivity index (χ2n) is 6.85. The Morgan fingerprint density at radius 2 is 1.61 bits per heavy atom. The van der Waals surface area contributed by atoms with Gasteiger partial charge in [-0.25, -0.2) is 0 Å². The van der Waals surface area contributed by atoms with Gasteiger partial charge in [0.2, 0.25) is 5.91 Å². The average Bonchev–Trinajstić information content (AvgIpc) is 2.74. The lowest BCUT2D eigenvalue weighted by atomic mass is 10.1. The highest BCUT2D eigenvalue weighted by Crippen LogP contribution is 2.21. The Balaban J connectivity index is 1.54. The molecule has 6 heteroatoms. The van der Waals surface area contributed by atoms with Crippen LogP contribution in [0.4, 0.5) is 11.4 Å². The molecule has 0 atom stereocenters. The van der Waals surface area contributed by atoms with Gasteiger partial charge in [-0.15, -0.1) is 0 Å². The van der Waals surface area contributed by atoms with E-state index in [4.69, 9.17) is 4.74 Å². The van der Waals surface area contributed by atoms with E-state index in [0.717, 1.165) is 36.6 Å². The Labute approximate surface area is 166 Å². The first-order valence-corrected chi connectivity index (χ1v) is 9.69. The SMILES string of the molecule is CCCC(=O)Nc1ccc(N2CCN(C(=O)c3ccc(OC)cc3)CC2)cc1. The van der Waals surface area contributed by atoms with Crippen molar-refractivity contribution in [1.29, 1.82) is 0 Å². The summed E-state index contributed by atoms with van der Waals surface area (Å²) >= 11 is 0. The van der Waals surface area contributed by atoms with Crippen molar-refractivity contribution in [3.63, 3.8) is 0 Å². The monoisotopic (exact) mass is 381 g/mol. The number of rotatable bonds is 6. The van der Waals surface area contributed by atoms with Crippen LogP contribution < -0.4 is 15.0 Å². The zero-order valence-corrected chi connectivity index (χ0v) is 16.5. The van der Waals surface area contributed by atoms with Crippen LogP contribution in [-0.4, -0.2) is 50.0 Å². The minimum Gasteiger partial charge on any atom is -0.497 e. The van der Waals surface area contributed by atoms with E-state index in [2.05, 4.69) is 10.2 Å². The summed E-state index contributed by atoms with van der Waals surface area (Å²) in [6.45, 7) is 4.91. The molecule has 1 heterocycles. The molecule has 0 radical (unpaired) electrons. The zero-order chi connectivity index (χ0) is 19.9. The highest BCUT2D eigenvalue weighted by atomic mass is 16.5. The molecular formula is C22H27N3O3. The Hall–Kier alpha value is -3.02. The second kappa shape index (κ2) is 9.26. The number of carbonyl (C=O) groups is 2. The highest BCUT2D eigenvalue weighted by Gasteiger charge is 2.22. The molecule has 0 spiro atoms. The van der Waals surface area contributed by atoms with Crippen LogP contribution in [0, 0.1) is 0 Å². The summed E-state index contributed by atoms with van der Waals surface area (Å²) in [5, 5.41) is 2.90. The fourth-order valence-corrected chi connectivity index (χ4v) is 3.29. The number of amides is 2. The first-order valence-electron chi connectivity index (χ1n) is 9.69. The molecule has 1 N–H and O–H groups in total. The average molecular weight is 381 g/mol. The van der Waals surface area contributed by atoms with E-state index in [1.165, 1.54) is 0 Å². The summed E-state index contributed by atoms with van der Waals surface area (Å²) in [5.41, 5.74) is 2.60. The van der Waals surface area contributed by atoms with Crippen molar-refractivity contribution in [3.8, 4) is 5.75 Å². The molecule has 1 fully saturated rings. The zero-order valence-electron chi connectivity index (χ0n) is 16.5. The van der Waals surface area contributed by atoms with Crippen LogP contribution in [-0.2, 0) is 4.79 Å². The topological polar surface area (TPSA) is 61.9 Å². The Bertz CT molecular complexity index is 795. The smallest absolute Gasteiger partial charge is 0.253 e. The molecule has 0 saturated carbocycles. The number of benzene rings is 2. The van der Waals surface area contributed by atoms with Crippen molar-refractivity contribution in [2.24, 2.45) is 0 Å². The van der Waals surface area contributed by atoms with Gasteiger partial charge in [0.25, 0.3) is 5.91 Å². The lowest BCUT2D eigenvalue weighted by molar-refractivity contribution is -0.116. The molecule has 3 rings (SSSR count). The van der Waals surface area contributed by atoms with E-state index in [0.29, 0.717) is 25.1 Å². The predicted molar refractivity (Wildman–Crippen MR) is 111 cm³/mol. The molecule has 2 amide bonds. The van der Waals surface area contributed by atoms with Gasteiger partial charge < -0.3 is 19.9 Å². The van der Waals surface area contributed by atoms with Crippen LogP contribution in [0.1, 0.15) is 30.1 Å². The van der Waals surface area contributed by atoms with Gasteiger partial charge in [-0.2, -0.15) is 0 Å². The normalized spacial score (nSPS) is 13.9. The Morgan fingerprint density at radius 3 is 2.18 bits per heavy atom. The van der Waals surface area contributed by atoms with Gasteiger partial charge in [0.1, 0.15) is 5.75 Å². The van der Waals surface area contributed by atoms with Crippen LogP contribution >= 0.6 is 0 Å². The fourth-order valence-electron chi connectivity index (χ4n) is 3.29. The molecule has 0 unspecified atom stereocenters. The minimum atomic E-state index is 0.0425. The van der Waals surface area contributed by atoms with Crippen molar-refractivity contribution in [2.45, 2.75) is 19.8 Å². The number of piperazine rings is 1. The number of hydrogen-bond acceptors (Lipinski definition) is 4. The number of nitrogens with zero attached hydrogens (tertiary/aromatic N) is 2.